The van der Waals surface area contributed by atoms with Crippen molar-refractivity contribution in [1.82, 2.24) is 5.32 Å². The van der Waals surface area contributed by atoms with E-state index in [1.54, 1.807) is 5.32 Å². The van der Waals surface area contributed by atoms with Crippen LogP contribution in [-0.4, -0.2) is 30.6 Å². The van der Waals surface area contributed by atoms with Crippen LogP contribution < -0.4 is 5.32 Å². The number of rotatable bonds is 5. The molecule has 78 valence electrons. The van der Waals surface area contributed by atoms with E-state index in [9.17, 15) is 22.4 Å². The maximum Gasteiger partial charge on any atom is 0.324 e. The zero-order valence-corrected chi connectivity index (χ0v) is 7.46. The summed E-state index contributed by atoms with van der Waals surface area (Å²) in [4.78, 5) is 10.6. The molecule has 0 aromatic rings. The molecule has 0 rings (SSSR count). The summed E-state index contributed by atoms with van der Waals surface area (Å²) >= 11 is 3.67. The average Bonchev–Trinajstić information content (AvgIpc) is 2.01. The first-order valence-corrected chi connectivity index (χ1v) is 4.07. The monoisotopic (exact) mass is 219 g/mol. The van der Waals surface area contributed by atoms with Crippen molar-refractivity contribution in [3.8, 4) is 0 Å². The number of carbonyl (C=O) groups excluding carboxylic acids is 1. The van der Waals surface area contributed by atoms with Gasteiger partial charge in [-0.05, 0) is 5.75 Å². The average molecular weight is 219 g/mol. The highest BCUT2D eigenvalue weighted by molar-refractivity contribution is 7.80. The Morgan fingerprint density at radius 3 is 2.38 bits per heavy atom. The first kappa shape index (κ1) is 12.5. The second-order valence-corrected chi connectivity index (χ2v) is 2.76. The minimum atomic E-state index is -4.16. The van der Waals surface area contributed by atoms with E-state index in [0.29, 0.717) is 0 Å². The molecule has 1 amide bonds. The van der Waals surface area contributed by atoms with Crippen LogP contribution in [0.5, 0.6) is 0 Å². The molecule has 0 aromatic heterocycles. The molecule has 0 unspecified atom stereocenters. The molecular weight excluding hydrogens is 210 g/mol. The van der Waals surface area contributed by atoms with Crippen LogP contribution in [0.2, 0.25) is 0 Å². The van der Waals surface area contributed by atoms with Crippen LogP contribution in [0.1, 0.15) is 6.42 Å². The van der Waals surface area contributed by atoms with E-state index < -0.39 is 24.8 Å². The number of halogens is 4. The van der Waals surface area contributed by atoms with Crippen molar-refractivity contribution in [2.24, 2.45) is 0 Å². The molecule has 7 heteroatoms. The van der Waals surface area contributed by atoms with Crippen LogP contribution in [0.3, 0.4) is 0 Å². The molecule has 0 heterocycles. The standard InChI is InChI=1S/C6H9F4NOS/c7-5(8)6(9,10)3-11-4(12)1-2-13/h5,13H,1-3H2,(H,11,12). The molecule has 0 fully saturated rings. The quantitative estimate of drug-likeness (QED) is 0.530. The predicted molar refractivity (Wildman–Crippen MR) is 42.4 cm³/mol. The Morgan fingerprint density at radius 2 is 2.00 bits per heavy atom. The maximum absolute atomic E-state index is 12.2. The summed E-state index contributed by atoms with van der Waals surface area (Å²) in [6.45, 7) is -1.34. The fourth-order valence-corrected chi connectivity index (χ4v) is 0.687. The number of thiol groups is 1. The second kappa shape index (κ2) is 5.31. The lowest BCUT2D eigenvalue weighted by molar-refractivity contribution is -0.136. The molecule has 13 heavy (non-hydrogen) atoms. The minimum absolute atomic E-state index is 0.0670. The molecule has 0 aliphatic rings. The van der Waals surface area contributed by atoms with Gasteiger partial charge in [-0.2, -0.15) is 21.4 Å². The Balaban J connectivity index is 3.81. The molecule has 0 spiro atoms. The molecule has 1 N–H and O–H groups in total. The topological polar surface area (TPSA) is 29.1 Å². The van der Waals surface area contributed by atoms with Gasteiger partial charge >= 0.3 is 12.3 Å². The maximum atomic E-state index is 12.2. The van der Waals surface area contributed by atoms with Gasteiger partial charge in [0, 0.05) is 6.42 Å². The van der Waals surface area contributed by atoms with Crippen LogP contribution in [0.25, 0.3) is 0 Å². The van der Waals surface area contributed by atoms with Crippen LogP contribution in [0, 0.1) is 0 Å². The van der Waals surface area contributed by atoms with Crippen molar-refractivity contribution in [3.05, 3.63) is 0 Å². The molecule has 0 bridgehead atoms. The van der Waals surface area contributed by atoms with Crippen molar-refractivity contribution in [2.75, 3.05) is 12.3 Å². The molecule has 0 saturated carbocycles. The van der Waals surface area contributed by atoms with Gasteiger partial charge in [0.1, 0.15) is 0 Å². The van der Waals surface area contributed by atoms with Crippen molar-refractivity contribution in [2.45, 2.75) is 18.8 Å². The molecule has 2 nitrogen and oxygen atoms in total. The number of nitrogens with one attached hydrogen (secondary N) is 1. The van der Waals surface area contributed by atoms with E-state index in [-0.39, 0.29) is 12.2 Å². The zero-order chi connectivity index (χ0) is 10.5. The lowest BCUT2D eigenvalue weighted by Gasteiger charge is -2.15. The molecule has 0 aromatic carbocycles. The fourth-order valence-electron chi connectivity index (χ4n) is 0.484. The van der Waals surface area contributed by atoms with Gasteiger partial charge in [0.05, 0.1) is 6.54 Å². The number of carbonyl (C=O) groups is 1. The SMILES string of the molecule is O=C(CCS)NCC(F)(F)C(F)F. The number of hydrogen-bond donors (Lipinski definition) is 2. The number of alkyl halides is 4. The summed E-state index contributed by atoms with van der Waals surface area (Å²) in [5, 5.41) is 1.69. The third-order valence-corrected chi connectivity index (χ3v) is 1.40. The van der Waals surface area contributed by atoms with Crippen molar-refractivity contribution in [1.29, 1.82) is 0 Å². The van der Waals surface area contributed by atoms with Gasteiger partial charge in [-0.15, -0.1) is 0 Å². The van der Waals surface area contributed by atoms with Crippen LogP contribution in [0.4, 0.5) is 17.6 Å². The van der Waals surface area contributed by atoms with E-state index in [1.165, 1.54) is 0 Å². The molecule has 0 radical (unpaired) electrons. The predicted octanol–water partition coefficient (Wildman–Crippen LogP) is 1.32. The number of amides is 1. The molecule has 0 aliphatic heterocycles. The second-order valence-electron chi connectivity index (χ2n) is 2.31. The first-order valence-electron chi connectivity index (χ1n) is 3.43. The first-order chi connectivity index (χ1) is 5.90. The van der Waals surface area contributed by atoms with Crippen molar-refractivity contribution >= 4 is 18.5 Å². The van der Waals surface area contributed by atoms with E-state index in [2.05, 4.69) is 12.6 Å². The smallest absolute Gasteiger partial charge is 0.324 e. The van der Waals surface area contributed by atoms with Crippen LogP contribution >= 0.6 is 12.6 Å². The van der Waals surface area contributed by atoms with Gasteiger partial charge in [-0.25, -0.2) is 8.78 Å². The van der Waals surface area contributed by atoms with E-state index >= 15 is 0 Å². The van der Waals surface area contributed by atoms with Gasteiger partial charge in [0.25, 0.3) is 0 Å². The number of hydrogen-bond acceptors (Lipinski definition) is 2. The molecule has 0 aliphatic carbocycles. The normalized spacial score (nSPS) is 11.8. The highest BCUT2D eigenvalue weighted by Crippen LogP contribution is 2.21. The van der Waals surface area contributed by atoms with Gasteiger partial charge < -0.3 is 5.32 Å². The highest BCUT2D eigenvalue weighted by atomic mass is 32.1. The van der Waals surface area contributed by atoms with Gasteiger partial charge in [0.15, 0.2) is 0 Å². The third-order valence-electron chi connectivity index (χ3n) is 1.18. The zero-order valence-electron chi connectivity index (χ0n) is 6.57. The van der Waals surface area contributed by atoms with Gasteiger partial charge in [-0.3, -0.25) is 4.79 Å². The summed E-state index contributed by atoms with van der Waals surface area (Å²) in [5.41, 5.74) is 0. The third kappa shape index (κ3) is 4.97. The Hall–Kier alpha value is -0.460. The Morgan fingerprint density at radius 1 is 1.46 bits per heavy atom. The summed E-state index contributed by atoms with van der Waals surface area (Å²) in [5.74, 6) is -4.69. The van der Waals surface area contributed by atoms with E-state index in [0.717, 1.165) is 0 Å². The summed E-state index contributed by atoms with van der Waals surface area (Å²) in [6, 6.07) is 0. The lowest BCUT2D eigenvalue weighted by atomic mass is 10.3. The summed E-state index contributed by atoms with van der Waals surface area (Å²) in [6.07, 6.45) is -3.83. The van der Waals surface area contributed by atoms with Crippen molar-refractivity contribution in [3.63, 3.8) is 0 Å². The Kier molecular flexibility index (Phi) is 5.12. The van der Waals surface area contributed by atoms with Gasteiger partial charge in [-0.1, -0.05) is 0 Å². The largest absolute Gasteiger partial charge is 0.350 e. The Labute approximate surface area is 78.1 Å². The lowest BCUT2D eigenvalue weighted by Crippen LogP contribution is -2.41. The molecule has 0 saturated heterocycles. The van der Waals surface area contributed by atoms with Crippen LogP contribution in [0.15, 0.2) is 0 Å². The van der Waals surface area contributed by atoms with Crippen LogP contribution in [-0.2, 0) is 4.79 Å². The minimum Gasteiger partial charge on any atom is -0.350 e. The fraction of sp³-hybridized carbons (Fsp3) is 0.833. The highest BCUT2D eigenvalue weighted by Gasteiger charge is 2.40. The summed E-state index contributed by atoms with van der Waals surface area (Å²) in [7, 11) is 0. The van der Waals surface area contributed by atoms with E-state index in [4.69, 9.17) is 0 Å². The van der Waals surface area contributed by atoms with Crippen molar-refractivity contribution < 1.29 is 22.4 Å². The Bertz CT molecular complexity index is 176. The summed E-state index contributed by atoms with van der Waals surface area (Å²) < 4.78 is 47.4. The van der Waals surface area contributed by atoms with E-state index in [1.807, 2.05) is 0 Å². The molecular formula is C6H9F4NOS. The molecule has 0 atom stereocenters. The van der Waals surface area contributed by atoms with Gasteiger partial charge in [0.2, 0.25) is 5.91 Å².